The molecule has 2 heteroatoms. The van der Waals surface area contributed by atoms with Crippen molar-refractivity contribution in [3.8, 4) is 0 Å². The predicted octanol–water partition coefficient (Wildman–Crippen LogP) is 15.3. The van der Waals surface area contributed by atoms with Gasteiger partial charge in [0.25, 0.3) is 0 Å². The van der Waals surface area contributed by atoms with Gasteiger partial charge < -0.3 is 9.80 Å². The highest BCUT2D eigenvalue weighted by Crippen LogP contribution is 2.69. The molecule has 3 aromatic carbocycles. The molecule has 2 nitrogen and oxygen atoms in total. The second-order valence-electron chi connectivity index (χ2n) is 19.0. The standard InChI is InChI=1S/C61H58N2/c1-5-18-43(19-6-1)45-32-36-49(37-33-45)62(47-22-9-3-10-23-47)51-40-41-53-52-26-13-15-28-55(52)61(58(53)42-51)56-29-16-14-27-54(56)60-57(61)30-17-31-59(60)63(48-24-11-4-12-25-48)50-38-34-46(35-39-50)44-20-7-2-8-21-44/h1-3,5,7,9,11,13-16,18,20,24-29,31-42,47,53-54,56,58H,4,6,8,10,12,17,19,21-23,30H2. The summed E-state index contributed by atoms with van der Waals surface area (Å²) in [6.45, 7) is 0. The largest absolute Gasteiger partial charge is 0.338 e. The van der Waals surface area contributed by atoms with E-state index >= 15 is 0 Å². The van der Waals surface area contributed by atoms with Crippen molar-refractivity contribution in [2.45, 2.75) is 88.0 Å². The van der Waals surface area contributed by atoms with Crippen LogP contribution in [0.4, 0.5) is 11.4 Å². The van der Waals surface area contributed by atoms with Crippen molar-refractivity contribution >= 4 is 22.5 Å². The first kappa shape index (κ1) is 38.5. The quantitative estimate of drug-likeness (QED) is 0.209. The summed E-state index contributed by atoms with van der Waals surface area (Å²) in [5.74, 6) is 1.23. The number of nitrogens with zero attached hydrogens (tertiary/aromatic N) is 2. The number of rotatable bonds is 8. The monoisotopic (exact) mass is 818 g/mol. The van der Waals surface area contributed by atoms with Gasteiger partial charge in [0.05, 0.1) is 0 Å². The van der Waals surface area contributed by atoms with Crippen LogP contribution in [0.15, 0.2) is 216 Å². The summed E-state index contributed by atoms with van der Waals surface area (Å²) >= 11 is 0. The number of benzene rings is 3. The SMILES string of the molecule is C1=CCCC(c2ccc(N(C3=CCCC=C3)C3=CCCC4=C3C3C=CC=CC3C43c4ccccc4C4C=CC(N(c5ccc(C6=CC=CCC6)cc5)C5CC=CCC5)=CC43)cc2)=C1. The Hall–Kier alpha value is -6.12. The second kappa shape index (κ2) is 16.2. The molecule has 0 radical (unpaired) electrons. The highest BCUT2D eigenvalue weighted by Gasteiger charge is 2.63. The van der Waals surface area contributed by atoms with Crippen molar-refractivity contribution in [2.75, 3.05) is 9.80 Å². The minimum atomic E-state index is -0.158. The van der Waals surface area contributed by atoms with Crippen LogP contribution in [-0.2, 0) is 5.41 Å². The Balaban J connectivity index is 1.00. The van der Waals surface area contributed by atoms with Crippen LogP contribution in [0, 0.1) is 17.8 Å². The number of fused-ring (bicyclic) bond motifs is 9. The van der Waals surface area contributed by atoms with E-state index in [0.717, 1.165) is 70.6 Å². The van der Waals surface area contributed by atoms with Crippen LogP contribution in [0.2, 0.25) is 0 Å². The summed E-state index contributed by atoms with van der Waals surface area (Å²) in [5.41, 5.74) is 18.3. The van der Waals surface area contributed by atoms with E-state index in [1.807, 2.05) is 0 Å². The Morgan fingerprint density at radius 1 is 0.540 bits per heavy atom. The van der Waals surface area contributed by atoms with Gasteiger partial charge in [-0.05, 0) is 146 Å². The van der Waals surface area contributed by atoms with Crippen LogP contribution in [0.25, 0.3) is 11.1 Å². The molecule has 0 fully saturated rings. The summed E-state index contributed by atoms with van der Waals surface area (Å²) in [4.78, 5) is 5.36. The average molecular weight is 819 g/mol. The summed E-state index contributed by atoms with van der Waals surface area (Å²) in [6.07, 6.45) is 58.1. The molecule has 0 bridgehead atoms. The first-order valence-corrected chi connectivity index (χ1v) is 24.1. The highest BCUT2D eigenvalue weighted by molar-refractivity contribution is 5.76. The number of allylic oxidation sites excluding steroid dienone is 22. The summed E-state index contributed by atoms with van der Waals surface area (Å²) < 4.78 is 0. The first-order valence-electron chi connectivity index (χ1n) is 24.1. The summed E-state index contributed by atoms with van der Waals surface area (Å²) in [6, 6.07) is 29.1. The highest BCUT2D eigenvalue weighted by atomic mass is 15.2. The summed E-state index contributed by atoms with van der Waals surface area (Å²) in [5, 5.41) is 0. The topological polar surface area (TPSA) is 6.48 Å². The minimum Gasteiger partial charge on any atom is -0.338 e. The normalized spacial score (nSPS) is 28.4. The van der Waals surface area contributed by atoms with Crippen LogP contribution in [0.1, 0.15) is 98.8 Å². The lowest BCUT2D eigenvalue weighted by atomic mass is 9.59. The fraction of sp³-hybridized carbons (Fsp3) is 0.279. The number of anilines is 2. The van der Waals surface area contributed by atoms with Gasteiger partial charge in [-0.3, -0.25) is 0 Å². The van der Waals surface area contributed by atoms with E-state index in [0.29, 0.717) is 23.8 Å². The fourth-order valence-electron chi connectivity index (χ4n) is 13.1. The van der Waals surface area contributed by atoms with Gasteiger partial charge in [0.1, 0.15) is 0 Å². The van der Waals surface area contributed by atoms with Gasteiger partial charge in [-0.25, -0.2) is 0 Å². The van der Waals surface area contributed by atoms with Gasteiger partial charge >= 0.3 is 0 Å². The molecule has 3 aromatic rings. The second-order valence-corrected chi connectivity index (χ2v) is 19.0. The van der Waals surface area contributed by atoms with Gasteiger partial charge in [-0.15, -0.1) is 0 Å². The third-order valence-corrected chi connectivity index (χ3v) is 15.7. The van der Waals surface area contributed by atoms with Gasteiger partial charge in [0.15, 0.2) is 0 Å². The molecule has 0 saturated carbocycles. The lowest BCUT2D eigenvalue weighted by Crippen LogP contribution is -2.42. The molecule has 9 aliphatic carbocycles. The minimum absolute atomic E-state index is 0.158. The molecule has 312 valence electrons. The molecular formula is C61H58N2. The fourth-order valence-corrected chi connectivity index (χ4v) is 13.1. The number of hydrogen-bond acceptors (Lipinski definition) is 2. The zero-order valence-electron chi connectivity index (χ0n) is 36.5. The Labute approximate surface area is 375 Å². The molecule has 0 N–H and O–H groups in total. The van der Waals surface area contributed by atoms with E-state index in [9.17, 15) is 0 Å². The van der Waals surface area contributed by atoms with Crippen molar-refractivity contribution in [2.24, 2.45) is 17.8 Å². The zero-order chi connectivity index (χ0) is 41.7. The molecular weight excluding hydrogens is 761 g/mol. The van der Waals surface area contributed by atoms with Crippen LogP contribution in [0.5, 0.6) is 0 Å². The van der Waals surface area contributed by atoms with Crippen molar-refractivity contribution in [1.82, 2.24) is 0 Å². The van der Waals surface area contributed by atoms with E-state index in [1.54, 1.807) is 16.7 Å². The molecule has 12 rings (SSSR count). The van der Waals surface area contributed by atoms with Gasteiger partial charge in [-0.1, -0.05) is 157 Å². The Bertz CT molecular complexity index is 2730. The Morgan fingerprint density at radius 2 is 1.30 bits per heavy atom. The average Bonchev–Trinajstić information content (AvgIpc) is 3.83. The predicted molar refractivity (Wildman–Crippen MR) is 265 cm³/mol. The van der Waals surface area contributed by atoms with E-state index in [1.165, 1.54) is 56.3 Å². The molecule has 6 unspecified atom stereocenters. The lowest BCUT2D eigenvalue weighted by Gasteiger charge is -2.44. The van der Waals surface area contributed by atoms with E-state index in [-0.39, 0.29) is 11.3 Å². The molecule has 0 amide bonds. The molecule has 0 aromatic heterocycles. The molecule has 6 atom stereocenters. The van der Waals surface area contributed by atoms with Crippen molar-refractivity contribution < 1.29 is 0 Å². The summed E-state index contributed by atoms with van der Waals surface area (Å²) in [7, 11) is 0. The molecule has 0 aliphatic heterocycles. The molecule has 63 heavy (non-hydrogen) atoms. The lowest BCUT2D eigenvalue weighted by molar-refractivity contribution is 0.285. The Morgan fingerprint density at radius 3 is 2.02 bits per heavy atom. The maximum Gasteiger partial charge on any atom is 0.0461 e. The number of hydrogen-bond donors (Lipinski definition) is 0. The van der Waals surface area contributed by atoms with Crippen molar-refractivity contribution in [1.29, 1.82) is 0 Å². The van der Waals surface area contributed by atoms with E-state index < -0.39 is 0 Å². The smallest absolute Gasteiger partial charge is 0.0461 e. The van der Waals surface area contributed by atoms with Crippen LogP contribution in [0.3, 0.4) is 0 Å². The zero-order valence-corrected chi connectivity index (χ0v) is 36.5. The molecule has 0 saturated heterocycles. The first-order chi connectivity index (χ1) is 31.3. The van der Waals surface area contributed by atoms with Crippen molar-refractivity contribution in [3.05, 3.63) is 239 Å². The van der Waals surface area contributed by atoms with Gasteiger partial charge in [0.2, 0.25) is 0 Å². The van der Waals surface area contributed by atoms with Crippen molar-refractivity contribution in [3.63, 3.8) is 0 Å². The molecule has 0 heterocycles. The Kier molecular flexibility index (Phi) is 9.92. The third kappa shape index (κ3) is 6.43. The maximum atomic E-state index is 2.76. The molecule has 9 aliphatic rings. The van der Waals surface area contributed by atoms with E-state index in [4.69, 9.17) is 0 Å². The van der Waals surface area contributed by atoms with Gasteiger partial charge in [-0.2, -0.15) is 0 Å². The van der Waals surface area contributed by atoms with E-state index in [2.05, 4.69) is 198 Å². The van der Waals surface area contributed by atoms with Crippen LogP contribution >= 0.6 is 0 Å². The third-order valence-electron chi connectivity index (χ3n) is 15.7. The van der Waals surface area contributed by atoms with Crippen LogP contribution in [-0.4, -0.2) is 6.04 Å². The maximum absolute atomic E-state index is 2.76. The van der Waals surface area contributed by atoms with Gasteiger partial charge in [0, 0.05) is 63.6 Å². The van der Waals surface area contributed by atoms with Crippen LogP contribution < -0.4 is 9.80 Å². The molecule has 1 spiro atoms.